The maximum absolute atomic E-state index is 7.80. The first-order valence-corrected chi connectivity index (χ1v) is 6.50. The van der Waals surface area contributed by atoms with Crippen molar-refractivity contribution in [2.75, 3.05) is 11.4 Å². The van der Waals surface area contributed by atoms with E-state index in [-0.39, 0.29) is 5.84 Å². The lowest BCUT2D eigenvalue weighted by atomic mass is 10.1. The zero-order valence-corrected chi connectivity index (χ0v) is 11.6. The Labute approximate surface area is 117 Å². The number of pyridine rings is 1. The van der Waals surface area contributed by atoms with Gasteiger partial charge in [-0.3, -0.25) is 10.4 Å². The number of fused-ring (bicyclic) bond motifs is 1. The van der Waals surface area contributed by atoms with Gasteiger partial charge in [0, 0.05) is 18.8 Å². The molecule has 2 aromatic heterocycles. The summed E-state index contributed by atoms with van der Waals surface area (Å²) in [6, 6.07) is 1.98. The number of nitrogens with zero attached hydrogens (tertiary/aromatic N) is 5. The molecule has 104 valence electrons. The zero-order chi connectivity index (χ0) is 14.3. The molecule has 1 aliphatic heterocycles. The van der Waals surface area contributed by atoms with E-state index in [1.54, 1.807) is 6.33 Å². The Kier molecular flexibility index (Phi) is 2.89. The number of rotatable bonds is 2. The van der Waals surface area contributed by atoms with Crippen molar-refractivity contribution >= 4 is 11.5 Å². The number of nitrogens with one attached hydrogen (secondary N) is 1. The second-order valence-electron chi connectivity index (χ2n) is 5.02. The fraction of sp³-hybridized carbons (Fsp3) is 0.385. The standard InChI is InChI=1S/C13H17N7/c1-8-5-10(12(13(14)15)9(2)17-8)19-3-4-20-7-16-18-11(20)6-19/h5,7H,3-4,6H2,1-2H3,(H3,14,15). The van der Waals surface area contributed by atoms with Crippen LogP contribution in [-0.2, 0) is 13.1 Å². The van der Waals surface area contributed by atoms with Crippen LogP contribution in [0.15, 0.2) is 12.4 Å². The maximum Gasteiger partial charge on any atom is 0.152 e. The number of anilines is 1. The lowest BCUT2D eigenvalue weighted by Gasteiger charge is -2.31. The largest absolute Gasteiger partial charge is 0.384 e. The predicted octanol–water partition coefficient (Wildman–Crippen LogP) is 0.594. The molecule has 0 aliphatic carbocycles. The van der Waals surface area contributed by atoms with Crippen LogP contribution in [0, 0.1) is 19.3 Å². The topological polar surface area (TPSA) is 96.7 Å². The van der Waals surface area contributed by atoms with Crippen LogP contribution in [0.3, 0.4) is 0 Å². The van der Waals surface area contributed by atoms with Crippen molar-refractivity contribution in [1.82, 2.24) is 19.7 Å². The summed E-state index contributed by atoms with van der Waals surface area (Å²) < 4.78 is 2.05. The molecule has 0 saturated carbocycles. The molecule has 3 N–H and O–H groups in total. The van der Waals surface area contributed by atoms with Gasteiger partial charge < -0.3 is 15.2 Å². The van der Waals surface area contributed by atoms with Gasteiger partial charge in [0.25, 0.3) is 0 Å². The van der Waals surface area contributed by atoms with Crippen molar-refractivity contribution in [3.63, 3.8) is 0 Å². The van der Waals surface area contributed by atoms with Gasteiger partial charge in [-0.25, -0.2) is 0 Å². The van der Waals surface area contributed by atoms with Gasteiger partial charge in [0.2, 0.25) is 0 Å². The Morgan fingerprint density at radius 3 is 2.90 bits per heavy atom. The van der Waals surface area contributed by atoms with E-state index in [0.29, 0.717) is 12.1 Å². The van der Waals surface area contributed by atoms with Crippen LogP contribution in [0.2, 0.25) is 0 Å². The number of hydrogen-bond acceptors (Lipinski definition) is 5. The molecule has 1 aliphatic rings. The molecule has 0 unspecified atom stereocenters. The van der Waals surface area contributed by atoms with Crippen molar-refractivity contribution in [2.24, 2.45) is 5.73 Å². The number of nitrogen functional groups attached to an aromatic ring is 1. The third-order valence-electron chi connectivity index (χ3n) is 3.56. The molecule has 7 heteroatoms. The van der Waals surface area contributed by atoms with Crippen molar-refractivity contribution in [3.05, 3.63) is 35.2 Å². The maximum atomic E-state index is 7.80. The number of nitrogens with two attached hydrogens (primary N) is 1. The first-order valence-electron chi connectivity index (χ1n) is 6.50. The van der Waals surface area contributed by atoms with Crippen molar-refractivity contribution in [3.8, 4) is 0 Å². The third-order valence-corrected chi connectivity index (χ3v) is 3.56. The Morgan fingerprint density at radius 1 is 1.35 bits per heavy atom. The van der Waals surface area contributed by atoms with Crippen molar-refractivity contribution in [2.45, 2.75) is 26.9 Å². The second-order valence-corrected chi connectivity index (χ2v) is 5.02. The lowest BCUT2D eigenvalue weighted by Crippen LogP contribution is -2.35. The Bertz CT molecular complexity index is 673. The molecule has 20 heavy (non-hydrogen) atoms. The minimum Gasteiger partial charge on any atom is -0.384 e. The summed E-state index contributed by atoms with van der Waals surface area (Å²) in [6.45, 7) is 6.18. The fourth-order valence-corrected chi connectivity index (χ4v) is 2.66. The van der Waals surface area contributed by atoms with Crippen LogP contribution >= 0.6 is 0 Å². The molecule has 0 radical (unpaired) electrons. The minimum absolute atomic E-state index is 0.0528. The van der Waals surface area contributed by atoms with Crippen molar-refractivity contribution < 1.29 is 0 Å². The van der Waals surface area contributed by atoms with E-state index in [2.05, 4.69) is 20.1 Å². The number of hydrogen-bond donors (Lipinski definition) is 2. The molecule has 0 spiro atoms. The molecule has 0 bridgehead atoms. The van der Waals surface area contributed by atoms with Gasteiger partial charge in [0.05, 0.1) is 23.5 Å². The average molecular weight is 271 g/mol. The molecule has 3 rings (SSSR count). The van der Waals surface area contributed by atoms with Crippen LogP contribution < -0.4 is 10.6 Å². The van der Waals surface area contributed by atoms with Crippen molar-refractivity contribution in [1.29, 1.82) is 5.41 Å². The molecule has 2 aromatic rings. The van der Waals surface area contributed by atoms with Gasteiger partial charge in [-0.15, -0.1) is 10.2 Å². The molecule has 0 amide bonds. The van der Waals surface area contributed by atoms with Gasteiger partial charge in [-0.05, 0) is 19.9 Å². The Balaban J connectivity index is 2.05. The summed E-state index contributed by atoms with van der Waals surface area (Å²) in [6.07, 6.45) is 1.75. The van der Waals surface area contributed by atoms with E-state index in [4.69, 9.17) is 11.1 Å². The van der Waals surface area contributed by atoms with E-state index in [9.17, 15) is 0 Å². The van der Waals surface area contributed by atoms with Crippen LogP contribution in [0.1, 0.15) is 22.8 Å². The fourth-order valence-electron chi connectivity index (χ4n) is 2.66. The summed E-state index contributed by atoms with van der Waals surface area (Å²) >= 11 is 0. The number of aryl methyl sites for hydroxylation is 2. The van der Waals surface area contributed by atoms with Gasteiger partial charge in [0.15, 0.2) is 5.82 Å². The average Bonchev–Trinajstić information content (AvgIpc) is 2.84. The molecular formula is C13H17N7. The van der Waals surface area contributed by atoms with E-state index in [1.807, 2.05) is 24.5 Å². The van der Waals surface area contributed by atoms with Crippen LogP contribution in [0.25, 0.3) is 0 Å². The highest BCUT2D eigenvalue weighted by Crippen LogP contribution is 2.26. The molecule has 3 heterocycles. The second kappa shape index (κ2) is 4.59. The summed E-state index contributed by atoms with van der Waals surface area (Å²) in [5, 5.41) is 15.9. The van der Waals surface area contributed by atoms with Crippen LogP contribution in [0.4, 0.5) is 5.69 Å². The van der Waals surface area contributed by atoms with Crippen LogP contribution in [-0.4, -0.2) is 32.1 Å². The molecule has 0 fully saturated rings. The summed E-state index contributed by atoms with van der Waals surface area (Å²) in [4.78, 5) is 6.59. The summed E-state index contributed by atoms with van der Waals surface area (Å²) in [7, 11) is 0. The highest BCUT2D eigenvalue weighted by molar-refractivity contribution is 6.01. The molecule has 0 atom stereocenters. The third kappa shape index (κ3) is 2.01. The lowest BCUT2D eigenvalue weighted by molar-refractivity contribution is 0.559. The van der Waals surface area contributed by atoms with E-state index < -0.39 is 0 Å². The van der Waals surface area contributed by atoms with Crippen LogP contribution in [0.5, 0.6) is 0 Å². The normalized spacial score (nSPS) is 14.2. The molecule has 0 aromatic carbocycles. The summed E-state index contributed by atoms with van der Waals surface area (Å²) in [5.41, 5.74) is 9.11. The number of amidine groups is 1. The van der Waals surface area contributed by atoms with Gasteiger partial charge >= 0.3 is 0 Å². The zero-order valence-electron chi connectivity index (χ0n) is 11.6. The number of aromatic nitrogens is 4. The first-order chi connectivity index (χ1) is 9.56. The van der Waals surface area contributed by atoms with E-state index in [1.165, 1.54) is 0 Å². The SMILES string of the molecule is Cc1cc(N2CCn3cnnc3C2)c(C(=N)N)c(C)n1. The smallest absolute Gasteiger partial charge is 0.152 e. The van der Waals surface area contributed by atoms with Gasteiger partial charge in [-0.2, -0.15) is 0 Å². The molecule has 7 nitrogen and oxygen atoms in total. The van der Waals surface area contributed by atoms with Gasteiger partial charge in [0.1, 0.15) is 12.2 Å². The minimum atomic E-state index is 0.0528. The van der Waals surface area contributed by atoms with E-state index in [0.717, 1.165) is 36.0 Å². The molecular weight excluding hydrogens is 254 g/mol. The highest BCUT2D eigenvalue weighted by atomic mass is 15.3. The molecule has 0 saturated heterocycles. The predicted molar refractivity (Wildman–Crippen MR) is 75.8 cm³/mol. The highest BCUT2D eigenvalue weighted by Gasteiger charge is 2.22. The van der Waals surface area contributed by atoms with E-state index >= 15 is 0 Å². The monoisotopic (exact) mass is 271 g/mol. The summed E-state index contributed by atoms with van der Waals surface area (Å²) in [5.74, 6) is 0.981. The quantitative estimate of drug-likeness (QED) is 0.615. The van der Waals surface area contributed by atoms with Gasteiger partial charge in [-0.1, -0.05) is 0 Å². The Hall–Kier alpha value is -2.44. The Morgan fingerprint density at radius 2 is 2.15 bits per heavy atom. The first kappa shape index (κ1) is 12.6.